The molecule has 1 saturated carbocycles. The van der Waals surface area contributed by atoms with E-state index in [1.807, 2.05) is 0 Å². The second-order valence-electron chi connectivity index (χ2n) is 3.90. The maximum atomic E-state index is 9.41. The number of ether oxygens (including phenoxy) is 1. The average molecular weight is 175 g/mol. The molecule has 0 saturated heterocycles. The van der Waals surface area contributed by atoms with Crippen molar-refractivity contribution in [1.29, 1.82) is 0 Å². The minimum absolute atomic E-state index is 0.00708. The van der Waals surface area contributed by atoms with Crippen LogP contribution in [0.4, 0.5) is 0 Å². The van der Waals surface area contributed by atoms with Crippen LogP contribution in [0, 0.1) is 0 Å². The predicted molar refractivity (Wildman–Crippen MR) is 44.4 cm³/mol. The summed E-state index contributed by atoms with van der Waals surface area (Å²) in [6.07, 6.45) is 0.317. The van der Waals surface area contributed by atoms with Gasteiger partial charge >= 0.3 is 0 Å². The Balaban J connectivity index is 2.43. The molecule has 0 aliphatic heterocycles. The highest BCUT2D eigenvalue weighted by atomic mass is 16.6. The van der Waals surface area contributed by atoms with Crippen LogP contribution in [-0.2, 0) is 4.74 Å². The first-order valence-electron chi connectivity index (χ1n) is 4.22. The molecule has 1 aliphatic carbocycles. The Labute approximate surface area is 72.3 Å². The second-order valence-corrected chi connectivity index (χ2v) is 3.90. The topological polar surface area (TPSA) is 75.7 Å². The molecule has 0 amide bonds. The number of hydrogen-bond donors (Lipinski definition) is 3. The molecule has 1 rings (SSSR count). The van der Waals surface area contributed by atoms with E-state index in [1.165, 1.54) is 0 Å². The Bertz CT molecular complexity index is 155. The lowest BCUT2D eigenvalue weighted by molar-refractivity contribution is -0.219. The van der Waals surface area contributed by atoms with Crippen molar-refractivity contribution >= 4 is 0 Å². The molecule has 4 heteroatoms. The summed E-state index contributed by atoms with van der Waals surface area (Å²) < 4.78 is 5.21. The van der Waals surface area contributed by atoms with Gasteiger partial charge in [-0.2, -0.15) is 0 Å². The van der Waals surface area contributed by atoms with Crippen molar-refractivity contribution in [3.05, 3.63) is 0 Å². The first-order chi connectivity index (χ1) is 5.38. The monoisotopic (exact) mass is 175 g/mol. The molecule has 4 N–H and O–H groups in total. The molecular weight excluding hydrogens is 158 g/mol. The molecule has 4 nitrogen and oxygen atoms in total. The smallest absolute Gasteiger partial charge is 0.160 e. The molecule has 0 heterocycles. The first kappa shape index (κ1) is 9.92. The fourth-order valence-electron chi connectivity index (χ4n) is 1.51. The third-order valence-corrected chi connectivity index (χ3v) is 1.95. The van der Waals surface area contributed by atoms with Gasteiger partial charge in [-0.25, -0.2) is 0 Å². The van der Waals surface area contributed by atoms with Gasteiger partial charge in [-0.15, -0.1) is 0 Å². The number of rotatable bonds is 2. The van der Waals surface area contributed by atoms with Gasteiger partial charge in [-0.05, 0) is 26.7 Å². The zero-order valence-corrected chi connectivity index (χ0v) is 7.53. The molecule has 0 spiro atoms. The van der Waals surface area contributed by atoms with Crippen LogP contribution in [0.1, 0.15) is 26.7 Å². The quantitative estimate of drug-likeness (QED) is 0.498. The molecular formula is C8H17NO3. The molecule has 3 unspecified atom stereocenters. The van der Waals surface area contributed by atoms with Crippen LogP contribution >= 0.6 is 0 Å². The van der Waals surface area contributed by atoms with Crippen molar-refractivity contribution < 1.29 is 14.9 Å². The lowest BCUT2D eigenvalue weighted by Crippen LogP contribution is -2.34. The minimum atomic E-state index is -1.18. The van der Waals surface area contributed by atoms with Crippen molar-refractivity contribution in [1.82, 2.24) is 0 Å². The highest BCUT2D eigenvalue weighted by Gasteiger charge is 2.34. The number of aliphatic hydroxyl groups excluding tert-OH is 1. The highest BCUT2D eigenvalue weighted by molar-refractivity contribution is 4.87. The van der Waals surface area contributed by atoms with Gasteiger partial charge in [-0.1, -0.05) is 0 Å². The van der Waals surface area contributed by atoms with Gasteiger partial charge in [0.1, 0.15) is 0 Å². The molecule has 72 valence electrons. The SMILES string of the molecule is CC(C)(O)OC1CC(N)CC1O. The molecule has 12 heavy (non-hydrogen) atoms. The molecule has 0 aromatic rings. The summed E-state index contributed by atoms with van der Waals surface area (Å²) in [6.45, 7) is 3.09. The number of hydrogen-bond acceptors (Lipinski definition) is 4. The van der Waals surface area contributed by atoms with Gasteiger partial charge < -0.3 is 20.7 Å². The molecule has 0 aromatic carbocycles. The Morgan fingerprint density at radius 1 is 1.42 bits per heavy atom. The van der Waals surface area contributed by atoms with E-state index in [4.69, 9.17) is 10.5 Å². The zero-order valence-electron chi connectivity index (χ0n) is 7.53. The Hall–Kier alpha value is -0.160. The summed E-state index contributed by atoms with van der Waals surface area (Å²) in [7, 11) is 0. The van der Waals surface area contributed by atoms with Crippen LogP contribution in [0.25, 0.3) is 0 Å². The molecule has 0 radical (unpaired) electrons. The van der Waals surface area contributed by atoms with Crippen LogP contribution in [0.5, 0.6) is 0 Å². The third kappa shape index (κ3) is 2.71. The fourth-order valence-corrected chi connectivity index (χ4v) is 1.51. The van der Waals surface area contributed by atoms with E-state index in [0.29, 0.717) is 12.8 Å². The van der Waals surface area contributed by atoms with Crippen molar-refractivity contribution in [2.45, 2.75) is 50.7 Å². The lowest BCUT2D eigenvalue weighted by atomic mass is 10.2. The summed E-state index contributed by atoms with van der Waals surface area (Å²) in [5, 5.41) is 18.7. The van der Waals surface area contributed by atoms with E-state index in [-0.39, 0.29) is 12.1 Å². The van der Waals surface area contributed by atoms with E-state index in [1.54, 1.807) is 13.8 Å². The van der Waals surface area contributed by atoms with Crippen LogP contribution in [0.2, 0.25) is 0 Å². The lowest BCUT2D eigenvalue weighted by Gasteiger charge is -2.25. The maximum Gasteiger partial charge on any atom is 0.160 e. The summed E-state index contributed by atoms with van der Waals surface area (Å²) in [5.74, 6) is -1.18. The molecule has 1 aliphatic rings. The van der Waals surface area contributed by atoms with Gasteiger partial charge in [-0.3, -0.25) is 0 Å². The van der Waals surface area contributed by atoms with E-state index in [9.17, 15) is 10.2 Å². The Morgan fingerprint density at radius 3 is 2.33 bits per heavy atom. The van der Waals surface area contributed by atoms with Gasteiger partial charge in [0.25, 0.3) is 0 Å². The molecule has 0 aromatic heterocycles. The zero-order chi connectivity index (χ0) is 9.35. The van der Waals surface area contributed by atoms with Gasteiger partial charge in [0.05, 0.1) is 12.2 Å². The van der Waals surface area contributed by atoms with Crippen LogP contribution in [0.15, 0.2) is 0 Å². The number of nitrogens with two attached hydrogens (primary N) is 1. The molecule has 0 bridgehead atoms. The summed E-state index contributed by atoms with van der Waals surface area (Å²) in [5.41, 5.74) is 5.61. The largest absolute Gasteiger partial charge is 0.390 e. The van der Waals surface area contributed by atoms with Crippen LogP contribution in [0.3, 0.4) is 0 Å². The molecule has 3 atom stereocenters. The van der Waals surface area contributed by atoms with Crippen molar-refractivity contribution in [2.24, 2.45) is 5.73 Å². The van der Waals surface area contributed by atoms with E-state index in [2.05, 4.69) is 0 Å². The fraction of sp³-hybridized carbons (Fsp3) is 1.00. The number of aliphatic hydroxyl groups is 2. The van der Waals surface area contributed by atoms with E-state index >= 15 is 0 Å². The van der Waals surface area contributed by atoms with Crippen molar-refractivity contribution in [3.63, 3.8) is 0 Å². The van der Waals surface area contributed by atoms with Gasteiger partial charge in [0.2, 0.25) is 0 Å². The summed E-state index contributed by atoms with van der Waals surface area (Å²) >= 11 is 0. The van der Waals surface area contributed by atoms with Crippen LogP contribution in [-0.4, -0.2) is 34.2 Å². The standard InChI is InChI=1S/C8H17NO3/c1-8(2,11)12-7-4-5(9)3-6(7)10/h5-7,10-11H,3-4,9H2,1-2H3. The van der Waals surface area contributed by atoms with Crippen molar-refractivity contribution in [2.75, 3.05) is 0 Å². The second kappa shape index (κ2) is 3.30. The Morgan fingerprint density at radius 2 is 2.00 bits per heavy atom. The summed E-state index contributed by atoms with van der Waals surface area (Å²) in [4.78, 5) is 0. The highest BCUT2D eigenvalue weighted by Crippen LogP contribution is 2.24. The minimum Gasteiger partial charge on any atom is -0.390 e. The van der Waals surface area contributed by atoms with Gasteiger partial charge in [0, 0.05) is 6.04 Å². The predicted octanol–water partition coefficient (Wildman–Crippen LogP) is -0.418. The first-order valence-corrected chi connectivity index (χ1v) is 4.22. The Kier molecular flexibility index (Phi) is 2.73. The maximum absolute atomic E-state index is 9.41. The molecule has 1 fully saturated rings. The third-order valence-electron chi connectivity index (χ3n) is 1.95. The summed E-state index contributed by atoms with van der Waals surface area (Å²) in [6, 6.07) is -0.00708. The normalized spacial score (nSPS) is 37.2. The van der Waals surface area contributed by atoms with E-state index in [0.717, 1.165) is 0 Å². The average Bonchev–Trinajstić information content (AvgIpc) is 2.06. The van der Waals surface area contributed by atoms with Crippen LogP contribution < -0.4 is 5.73 Å². The van der Waals surface area contributed by atoms with Gasteiger partial charge in [0.15, 0.2) is 5.79 Å². The van der Waals surface area contributed by atoms with E-state index < -0.39 is 11.9 Å². The van der Waals surface area contributed by atoms with Crippen molar-refractivity contribution in [3.8, 4) is 0 Å².